The highest BCUT2D eigenvalue weighted by Gasteiger charge is 2.54. The lowest BCUT2D eigenvalue weighted by atomic mass is 9.73. The van der Waals surface area contributed by atoms with Crippen LogP contribution in [-0.4, -0.2) is 211 Å². The number of fused-ring (bicyclic) bond motifs is 1. The van der Waals surface area contributed by atoms with Crippen molar-refractivity contribution < 1.29 is 82.6 Å². The third kappa shape index (κ3) is 15.5. The van der Waals surface area contributed by atoms with Crippen LogP contribution in [-0.2, 0) is 47.5 Å². The van der Waals surface area contributed by atoms with E-state index in [1.54, 1.807) is 84.4 Å². The molecule has 3 aliphatic heterocycles. The second kappa shape index (κ2) is 27.7. The van der Waals surface area contributed by atoms with E-state index < -0.39 is 119 Å². The molecule has 6 N–H and O–H groups in total. The normalized spacial score (nSPS) is 36.6. The van der Waals surface area contributed by atoms with Gasteiger partial charge in [0.25, 0.3) is 0 Å². The predicted octanol–water partition coefficient (Wildman–Crippen LogP) is 3.97. The number of thioether (sulfide) groups is 1. The van der Waals surface area contributed by atoms with E-state index in [0.29, 0.717) is 30.0 Å². The largest absolute Gasteiger partial charge is 0.477 e. The third-order valence-corrected chi connectivity index (χ3v) is 16.8. The molecule has 18 atom stereocenters. The zero-order chi connectivity index (χ0) is 59.1. The number of aliphatic hydroxyl groups excluding tert-OH is 2. The lowest BCUT2D eigenvalue weighted by Crippen LogP contribution is -2.61. The molecule has 0 saturated carbocycles. The summed E-state index contributed by atoms with van der Waals surface area (Å²) in [6.07, 6.45) is -9.66. The quantitative estimate of drug-likeness (QED) is 0.0533. The Kier molecular flexibility index (Phi) is 23.0. The highest BCUT2D eigenvalue weighted by molar-refractivity contribution is 7.99. The van der Waals surface area contributed by atoms with Crippen molar-refractivity contribution in [3.05, 3.63) is 40.2 Å². The molecule has 2 aromatic rings. The van der Waals surface area contributed by atoms with Crippen LogP contribution in [0.1, 0.15) is 105 Å². The van der Waals surface area contributed by atoms with E-state index in [2.05, 4.69) is 10.5 Å². The van der Waals surface area contributed by atoms with Crippen molar-refractivity contribution in [2.24, 2.45) is 28.8 Å². The van der Waals surface area contributed by atoms with Gasteiger partial charge in [-0.05, 0) is 93.1 Å². The molecule has 23 nitrogen and oxygen atoms in total. The Bertz CT molecular complexity index is 2460. The van der Waals surface area contributed by atoms with Crippen molar-refractivity contribution in [1.82, 2.24) is 14.9 Å². The summed E-state index contributed by atoms with van der Waals surface area (Å²) in [6, 6.07) is 4.91. The van der Waals surface area contributed by atoms with Crippen LogP contribution in [0.2, 0.25) is 0 Å². The number of carbonyl (C=O) groups is 3. The van der Waals surface area contributed by atoms with Crippen LogP contribution < -0.4 is 15.8 Å². The van der Waals surface area contributed by atoms with Gasteiger partial charge < -0.3 is 83.5 Å². The van der Waals surface area contributed by atoms with E-state index >= 15 is 0 Å². The van der Waals surface area contributed by atoms with Crippen LogP contribution in [0, 0.1) is 23.7 Å². The first-order valence-electron chi connectivity index (χ1n) is 27.1. The van der Waals surface area contributed by atoms with Crippen molar-refractivity contribution in [2.75, 3.05) is 72.9 Å². The number of nitrogens with zero attached hydrogens (tertiary/aromatic N) is 4. The number of aromatic carboxylic acids is 1. The molecule has 3 saturated heterocycles. The number of methoxy groups -OCH3 is 1. The molecule has 4 heterocycles. The molecule has 24 heteroatoms. The lowest BCUT2D eigenvalue weighted by molar-refractivity contribution is -0.317. The lowest BCUT2D eigenvalue weighted by Gasteiger charge is -2.49. The van der Waals surface area contributed by atoms with Gasteiger partial charge in [0.15, 0.2) is 18.7 Å². The van der Waals surface area contributed by atoms with Gasteiger partial charge in [-0.25, -0.2) is 9.59 Å². The molecular formula is C55H89N5O18S. The average Bonchev–Trinajstić information content (AvgIpc) is 3.42. The molecule has 0 bridgehead atoms. The van der Waals surface area contributed by atoms with Crippen LogP contribution in [0.15, 0.2) is 39.2 Å². The zero-order valence-electron chi connectivity index (χ0n) is 48.9. The molecule has 79 heavy (non-hydrogen) atoms. The summed E-state index contributed by atoms with van der Waals surface area (Å²) in [7, 11) is 10.0. The summed E-state index contributed by atoms with van der Waals surface area (Å²) in [5, 5.41) is 67.0. The van der Waals surface area contributed by atoms with Crippen LogP contribution in [0.4, 0.5) is 4.79 Å². The number of esters is 1. The monoisotopic (exact) mass is 1140 g/mol. The number of oxime groups is 1. The molecule has 1 amide bonds. The van der Waals surface area contributed by atoms with Crippen molar-refractivity contribution in [1.29, 1.82) is 0 Å². The summed E-state index contributed by atoms with van der Waals surface area (Å²) in [5.74, 6) is -5.10. The van der Waals surface area contributed by atoms with Crippen molar-refractivity contribution in [3.8, 4) is 0 Å². The van der Waals surface area contributed by atoms with Gasteiger partial charge >= 0.3 is 18.0 Å². The van der Waals surface area contributed by atoms with Crippen LogP contribution >= 0.6 is 11.8 Å². The van der Waals surface area contributed by atoms with E-state index in [0.717, 1.165) is 4.90 Å². The summed E-state index contributed by atoms with van der Waals surface area (Å²) >= 11 is 1.43. The number of hydrogen-bond donors (Lipinski definition) is 6. The minimum atomic E-state index is -1.98. The maximum Gasteiger partial charge on any atom is 0.407 e. The number of amides is 1. The number of carbonyl (C=O) groups excluding carboxylic acids is 2. The maximum atomic E-state index is 14.6. The topological polar surface area (TPSA) is 288 Å². The maximum absolute atomic E-state index is 14.6. The molecule has 0 spiro atoms. The Morgan fingerprint density at radius 1 is 0.937 bits per heavy atom. The Hall–Kier alpha value is -4.18. The fourth-order valence-electron chi connectivity index (χ4n) is 11.5. The van der Waals surface area contributed by atoms with Gasteiger partial charge in [0.2, 0.25) is 5.43 Å². The van der Waals surface area contributed by atoms with Gasteiger partial charge in [-0.3, -0.25) is 14.3 Å². The number of aliphatic hydroxyl groups is 4. The van der Waals surface area contributed by atoms with Gasteiger partial charge in [0, 0.05) is 80.2 Å². The number of cyclic esters (lactones) is 1. The van der Waals surface area contributed by atoms with Gasteiger partial charge in [-0.15, -0.1) is 11.8 Å². The highest BCUT2D eigenvalue weighted by Crippen LogP contribution is 2.42. The minimum Gasteiger partial charge on any atom is -0.477 e. The number of likely N-dealkylation sites (N-methyl/N-ethyl adjacent to an activating group) is 1. The van der Waals surface area contributed by atoms with Crippen molar-refractivity contribution >= 4 is 46.4 Å². The standard InChI is InChI=1S/C55H89N5O18S/c1-17-40-55(10,69)46(63)31(4)42(57-71-16)29(2)26-53(8,68)47(77-51-44(62)39(58(11)12)24-30(3)73-51)32(5)45(33(6)50(66)75-40)76-41-27-54(9,70-15)48(34(7)74-41)78-52(67)56-20-21-72-22-23-79-35-18-19-38-36(25-35)43(61)37(49(64)65)28-60(38)59(13)14/h18-19,25,28-34,39-41,44-48,51,62-63,68-69H,17,20-24,26-27H2,1-16H3,(H,56,67)(H,64,65)/b57-42+/t29-,30-,31+,32+,33-,34+,39+,40-,41+,44-,45+,46-,47-,48+,51+,53-,54-,55-/m1/s1. The first-order chi connectivity index (χ1) is 36.9. The van der Waals surface area contributed by atoms with Crippen LogP contribution in [0.3, 0.4) is 0 Å². The van der Waals surface area contributed by atoms with E-state index in [1.807, 2.05) is 38.9 Å². The number of rotatable bonds is 18. The smallest absolute Gasteiger partial charge is 0.407 e. The highest BCUT2D eigenvalue weighted by atomic mass is 32.2. The van der Waals surface area contributed by atoms with Crippen LogP contribution in [0.5, 0.6) is 0 Å². The zero-order valence-corrected chi connectivity index (χ0v) is 49.7. The molecule has 0 unspecified atom stereocenters. The number of hydrogen-bond acceptors (Lipinski definition) is 21. The molecular weight excluding hydrogens is 1050 g/mol. The number of aromatic nitrogens is 1. The fraction of sp³-hybridized carbons (Fsp3) is 0.764. The first kappa shape index (κ1) is 65.6. The van der Waals surface area contributed by atoms with Gasteiger partial charge in [-0.1, -0.05) is 32.9 Å². The number of carboxylic acids is 1. The fourth-order valence-corrected chi connectivity index (χ4v) is 12.3. The average molecular weight is 1140 g/mol. The van der Waals surface area contributed by atoms with E-state index in [1.165, 1.54) is 39.1 Å². The SMILES string of the molecule is CC[C@H]1OC(=O)[C@H](C)[C@@H](O[C@H]2C[C@@](C)(OC)[C@@H](OC(=O)NCCOCCSc3ccc4c(c3)c(=O)c(C(=O)O)cn4N(C)C)[C@H](C)O2)[C@H](C)[C@@H](O[C@@H]2O[C@H](C)C[C@H](N(C)C)[C@H]2O)[C@](C)(O)C[C@@H](C)/C(=N\OC)[C@H](C)[C@@H](O)[C@]1(C)O. The van der Waals surface area contributed by atoms with Crippen molar-refractivity contribution in [2.45, 2.75) is 184 Å². The molecule has 1 aromatic carbocycles. The van der Waals surface area contributed by atoms with Crippen molar-refractivity contribution in [3.63, 3.8) is 0 Å². The summed E-state index contributed by atoms with van der Waals surface area (Å²) in [5.41, 5.74) is -5.02. The molecule has 1 aromatic heterocycles. The number of pyridine rings is 1. The second-order valence-electron chi connectivity index (χ2n) is 22.6. The van der Waals surface area contributed by atoms with Gasteiger partial charge in [0.1, 0.15) is 36.1 Å². The van der Waals surface area contributed by atoms with E-state index in [9.17, 15) is 44.7 Å². The van der Waals surface area contributed by atoms with Crippen LogP contribution in [0.25, 0.3) is 10.9 Å². The molecule has 5 rings (SSSR count). The molecule has 3 fully saturated rings. The number of benzene rings is 1. The second-order valence-corrected chi connectivity index (χ2v) is 23.8. The van der Waals surface area contributed by atoms with Gasteiger partial charge in [-0.2, -0.15) is 0 Å². The van der Waals surface area contributed by atoms with E-state index in [4.69, 9.17) is 42.7 Å². The Labute approximate surface area is 468 Å². The summed E-state index contributed by atoms with van der Waals surface area (Å²) in [4.78, 5) is 60.7. The number of nitrogens with one attached hydrogen (secondary N) is 1. The molecule has 0 aliphatic carbocycles. The summed E-state index contributed by atoms with van der Waals surface area (Å²) < 4.78 is 51.9. The van der Waals surface area contributed by atoms with E-state index in [-0.39, 0.29) is 55.5 Å². The van der Waals surface area contributed by atoms with Gasteiger partial charge in [0.05, 0.1) is 66.5 Å². The summed E-state index contributed by atoms with van der Waals surface area (Å²) in [6.45, 7) is 17.4. The first-order valence-corrected chi connectivity index (χ1v) is 28.1. The Balaban J connectivity index is 1.33. The minimum absolute atomic E-state index is 0.0140. The Morgan fingerprint density at radius 3 is 2.23 bits per heavy atom. The number of ether oxygens (including phenoxy) is 8. The molecule has 3 aliphatic rings. The third-order valence-electron chi connectivity index (χ3n) is 15.9. The number of carboxylic acid groups (broad SMARTS) is 1. The number of alkyl carbamates (subject to hydrolysis) is 1. The molecule has 0 radical (unpaired) electrons. The predicted molar refractivity (Wildman–Crippen MR) is 295 cm³/mol. The Morgan fingerprint density at radius 2 is 1.62 bits per heavy atom. The molecule has 448 valence electrons.